The number of hydrogen-bond acceptors (Lipinski definition) is 3. The van der Waals surface area contributed by atoms with Crippen LogP contribution < -0.4 is 0 Å². The van der Waals surface area contributed by atoms with Crippen molar-refractivity contribution in [1.82, 2.24) is 4.90 Å². The van der Waals surface area contributed by atoms with Gasteiger partial charge in [0.2, 0.25) is 0 Å². The fourth-order valence-electron chi connectivity index (χ4n) is 1.94. The molecule has 0 amide bonds. The van der Waals surface area contributed by atoms with Crippen LogP contribution in [0.3, 0.4) is 0 Å². The zero-order valence-corrected chi connectivity index (χ0v) is 12.3. The van der Waals surface area contributed by atoms with Gasteiger partial charge in [0, 0.05) is 18.3 Å². The van der Waals surface area contributed by atoms with E-state index in [0.29, 0.717) is 5.17 Å². The molecule has 2 nitrogen and oxygen atoms in total. The summed E-state index contributed by atoms with van der Waals surface area (Å²) in [6, 6.07) is 3.90. The molecule has 0 spiro atoms. The summed E-state index contributed by atoms with van der Waals surface area (Å²) < 4.78 is 0.780. The van der Waals surface area contributed by atoms with Crippen LogP contribution in [0.15, 0.2) is 28.4 Å². The van der Waals surface area contributed by atoms with Gasteiger partial charge in [-0.05, 0) is 25.5 Å². The Hall–Kier alpha value is -0.510. The normalized spacial score (nSPS) is 20.9. The van der Waals surface area contributed by atoms with Crippen molar-refractivity contribution < 1.29 is 0 Å². The maximum atomic E-state index is 6.23. The molecular formula is C12H14Cl2N2S. The minimum absolute atomic E-state index is 0.0460. The topological polar surface area (TPSA) is 15.6 Å². The molecule has 17 heavy (non-hydrogen) atoms. The number of nitrogens with zero attached hydrogens (tertiary/aromatic N) is 2. The van der Waals surface area contributed by atoms with Crippen molar-refractivity contribution in [3.8, 4) is 0 Å². The Bertz CT molecular complexity index is 490. The van der Waals surface area contributed by atoms with E-state index in [9.17, 15) is 0 Å². The molecule has 5 heteroatoms. The van der Waals surface area contributed by atoms with E-state index in [2.05, 4.69) is 23.7 Å². The molecule has 2 rings (SSSR count). The lowest BCUT2D eigenvalue weighted by Gasteiger charge is -2.32. The second-order valence-electron chi connectivity index (χ2n) is 3.96. The summed E-state index contributed by atoms with van der Waals surface area (Å²) in [5, 5.41) is 0.623. The number of aliphatic imine (C=N–C) groups is 1. The second-order valence-corrected chi connectivity index (χ2v) is 6.07. The van der Waals surface area contributed by atoms with Crippen LogP contribution in [-0.4, -0.2) is 17.1 Å². The predicted molar refractivity (Wildman–Crippen MR) is 76.1 cm³/mol. The van der Waals surface area contributed by atoms with Crippen molar-refractivity contribution in [2.24, 2.45) is 4.99 Å². The lowest BCUT2D eigenvalue weighted by molar-refractivity contribution is 0.315. The van der Waals surface area contributed by atoms with Crippen LogP contribution in [0.1, 0.15) is 31.3 Å². The van der Waals surface area contributed by atoms with Crippen LogP contribution in [0.4, 0.5) is 0 Å². The van der Waals surface area contributed by atoms with Gasteiger partial charge in [-0.15, -0.1) is 11.3 Å². The monoisotopic (exact) mass is 288 g/mol. The molecule has 0 saturated carbocycles. The van der Waals surface area contributed by atoms with E-state index in [1.54, 1.807) is 11.3 Å². The fraction of sp³-hybridized carbons (Fsp3) is 0.417. The number of hydrogen-bond donors (Lipinski definition) is 0. The first kappa shape index (κ1) is 12.9. The molecular weight excluding hydrogens is 275 g/mol. The lowest BCUT2D eigenvalue weighted by atomic mass is 10.1. The molecule has 0 bridgehead atoms. The molecule has 0 aliphatic carbocycles. The van der Waals surface area contributed by atoms with Crippen molar-refractivity contribution in [3.63, 3.8) is 0 Å². The van der Waals surface area contributed by atoms with Crippen molar-refractivity contribution >= 4 is 39.7 Å². The molecule has 92 valence electrons. The van der Waals surface area contributed by atoms with Crippen LogP contribution in [0.2, 0.25) is 4.34 Å². The Labute approximate surface area is 116 Å². The predicted octanol–water partition coefficient (Wildman–Crippen LogP) is 4.67. The van der Waals surface area contributed by atoms with Gasteiger partial charge >= 0.3 is 0 Å². The first-order valence-corrected chi connectivity index (χ1v) is 7.03. The third kappa shape index (κ3) is 2.37. The highest BCUT2D eigenvalue weighted by Gasteiger charge is 2.25. The quantitative estimate of drug-likeness (QED) is 0.772. The van der Waals surface area contributed by atoms with Crippen molar-refractivity contribution in [3.05, 3.63) is 32.6 Å². The smallest absolute Gasteiger partial charge is 0.157 e. The van der Waals surface area contributed by atoms with Gasteiger partial charge in [-0.25, -0.2) is 4.99 Å². The van der Waals surface area contributed by atoms with Crippen LogP contribution >= 0.6 is 34.5 Å². The molecule has 1 aromatic heterocycles. The van der Waals surface area contributed by atoms with Gasteiger partial charge in [0.15, 0.2) is 6.17 Å². The zero-order valence-electron chi connectivity index (χ0n) is 10.00. The summed E-state index contributed by atoms with van der Waals surface area (Å²) in [7, 11) is 2.04. The highest BCUT2D eigenvalue weighted by molar-refractivity contribution is 7.16. The van der Waals surface area contributed by atoms with Gasteiger partial charge in [0.1, 0.15) is 5.17 Å². The van der Waals surface area contributed by atoms with Gasteiger partial charge in [-0.3, -0.25) is 0 Å². The summed E-state index contributed by atoms with van der Waals surface area (Å²) in [6.07, 6.45) is 0.853. The summed E-state index contributed by atoms with van der Waals surface area (Å²) in [5.41, 5.74) is 2.30. The van der Waals surface area contributed by atoms with E-state index >= 15 is 0 Å². The van der Waals surface area contributed by atoms with Gasteiger partial charge in [0.25, 0.3) is 0 Å². The molecule has 2 heterocycles. The highest BCUT2D eigenvalue weighted by Crippen LogP contribution is 2.37. The summed E-state index contributed by atoms with van der Waals surface area (Å²) in [4.78, 5) is 7.81. The lowest BCUT2D eigenvalue weighted by Crippen LogP contribution is -2.27. The average Bonchev–Trinajstić information content (AvgIpc) is 2.71. The molecule has 0 aromatic carbocycles. The molecule has 0 N–H and O–H groups in total. The standard InChI is InChI=1S/C12H14Cl2N2S/c1-4-8-7(2)16(3)12(15-11(8)14)9-5-6-10(13)17-9/h5-6,12H,4H2,1-3H3. The third-order valence-corrected chi connectivity index (χ3v) is 4.62. The van der Waals surface area contributed by atoms with Crippen molar-refractivity contribution in [2.75, 3.05) is 7.05 Å². The van der Waals surface area contributed by atoms with Crippen LogP contribution in [0, 0.1) is 0 Å². The van der Waals surface area contributed by atoms with Crippen LogP contribution in [-0.2, 0) is 0 Å². The number of halogens is 2. The second kappa shape index (κ2) is 5.01. The first-order valence-electron chi connectivity index (χ1n) is 5.46. The van der Waals surface area contributed by atoms with Gasteiger partial charge < -0.3 is 4.90 Å². The number of allylic oxidation sites excluding steroid dienone is 2. The third-order valence-electron chi connectivity index (χ3n) is 3.02. The molecule has 0 fully saturated rings. The molecule has 1 atom stereocenters. The molecule has 1 aliphatic rings. The molecule has 1 aromatic rings. The maximum Gasteiger partial charge on any atom is 0.157 e. The SMILES string of the molecule is CCC1=C(C)N(C)C(c2ccc(Cl)s2)N=C1Cl. The van der Waals surface area contributed by atoms with E-state index in [1.807, 2.05) is 19.2 Å². The average molecular weight is 289 g/mol. The van der Waals surface area contributed by atoms with E-state index in [-0.39, 0.29) is 6.17 Å². The Kier molecular flexibility index (Phi) is 3.81. The summed E-state index contributed by atoms with van der Waals surface area (Å²) in [6.45, 7) is 4.17. The van der Waals surface area contributed by atoms with E-state index in [0.717, 1.165) is 21.2 Å². The van der Waals surface area contributed by atoms with Crippen LogP contribution in [0.5, 0.6) is 0 Å². The number of rotatable bonds is 2. The van der Waals surface area contributed by atoms with Gasteiger partial charge in [-0.1, -0.05) is 30.1 Å². The largest absolute Gasteiger partial charge is 0.352 e. The highest BCUT2D eigenvalue weighted by atomic mass is 35.5. The Balaban J connectivity index is 2.38. The van der Waals surface area contributed by atoms with Crippen LogP contribution in [0.25, 0.3) is 0 Å². The van der Waals surface area contributed by atoms with E-state index in [4.69, 9.17) is 23.2 Å². The molecule has 1 aliphatic heterocycles. The van der Waals surface area contributed by atoms with E-state index in [1.165, 1.54) is 5.70 Å². The first-order chi connectivity index (χ1) is 8.04. The zero-order chi connectivity index (χ0) is 12.6. The number of thiophene rings is 1. The summed E-state index contributed by atoms with van der Waals surface area (Å²) >= 11 is 13.7. The minimum Gasteiger partial charge on any atom is -0.352 e. The maximum absolute atomic E-state index is 6.23. The van der Waals surface area contributed by atoms with Crippen molar-refractivity contribution in [1.29, 1.82) is 0 Å². The fourth-order valence-corrected chi connectivity index (χ4v) is 3.45. The van der Waals surface area contributed by atoms with Gasteiger partial charge in [-0.2, -0.15) is 0 Å². The molecule has 0 saturated heterocycles. The van der Waals surface area contributed by atoms with E-state index < -0.39 is 0 Å². The molecule has 1 unspecified atom stereocenters. The Morgan fingerprint density at radius 1 is 1.41 bits per heavy atom. The van der Waals surface area contributed by atoms with Crippen molar-refractivity contribution in [2.45, 2.75) is 26.4 Å². The van der Waals surface area contributed by atoms with Gasteiger partial charge in [0.05, 0.1) is 9.21 Å². The molecule has 0 radical (unpaired) electrons. The summed E-state index contributed by atoms with van der Waals surface area (Å²) in [5.74, 6) is 0. The Morgan fingerprint density at radius 3 is 2.65 bits per heavy atom. The minimum atomic E-state index is -0.0460. The Morgan fingerprint density at radius 2 is 2.12 bits per heavy atom.